The van der Waals surface area contributed by atoms with Crippen molar-refractivity contribution in [2.24, 2.45) is 0 Å². The molecule has 0 fully saturated rings. The Morgan fingerprint density at radius 2 is 1.25 bits per heavy atom. The van der Waals surface area contributed by atoms with E-state index in [1.807, 2.05) is 0 Å². The number of hydrogen-bond donors (Lipinski definition) is 0. The SMILES string of the molecule is O.[Fe].[H-].[Li+].[Mn]. The molecule has 0 saturated carbocycles. The van der Waals surface area contributed by atoms with Gasteiger partial charge >= 0.3 is 18.9 Å². The number of rotatable bonds is 0. The summed E-state index contributed by atoms with van der Waals surface area (Å²) < 4.78 is 0. The largest absolute Gasteiger partial charge is 1.00 e. The normalized spacial score (nSPS) is 0. The second kappa shape index (κ2) is 23.3. The molecule has 0 aromatic heterocycles. The number of hydrogen-bond acceptors (Lipinski definition) is 0. The Labute approximate surface area is 59.8 Å². The summed E-state index contributed by atoms with van der Waals surface area (Å²) in [7, 11) is 0. The molecule has 0 rings (SSSR count). The molecular weight excluding hydrogens is 134 g/mol. The Morgan fingerprint density at radius 1 is 1.25 bits per heavy atom. The Bertz CT molecular complexity index is 11.6. The van der Waals surface area contributed by atoms with Crippen LogP contribution < -0.4 is 18.9 Å². The summed E-state index contributed by atoms with van der Waals surface area (Å²) in [6, 6.07) is 0. The van der Waals surface area contributed by atoms with Crippen molar-refractivity contribution in [1.29, 1.82) is 0 Å². The van der Waals surface area contributed by atoms with Crippen molar-refractivity contribution in [2.75, 3.05) is 0 Å². The zero-order valence-electron chi connectivity index (χ0n) is 3.23. The minimum Gasteiger partial charge on any atom is -1.00 e. The van der Waals surface area contributed by atoms with E-state index >= 15 is 0 Å². The zero-order chi connectivity index (χ0) is 0. The van der Waals surface area contributed by atoms with E-state index in [1.165, 1.54) is 0 Å². The van der Waals surface area contributed by atoms with E-state index in [1.54, 1.807) is 0 Å². The minimum absolute atomic E-state index is 0. The maximum atomic E-state index is 0. The summed E-state index contributed by atoms with van der Waals surface area (Å²) in [5.74, 6) is 0. The molecule has 0 atom stereocenters. The fourth-order valence-electron chi connectivity index (χ4n) is 0. The van der Waals surface area contributed by atoms with Crippen molar-refractivity contribution < 1.29 is 59.9 Å². The summed E-state index contributed by atoms with van der Waals surface area (Å²) in [6.45, 7) is 0. The van der Waals surface area contributed by atoms with Crippen LogP contribution in [0.1, 0.15) is 1.43 Å². The van der Waals surface area contributed by atoms with Gasteiger partial charge in [-0.15, -0.1) is 0 Å². The molecular formula is H3FeLiMnO. The second-order valence-corrected chi connectivity index (χ2v) is 0. The maximum Gasteiger partial charge on any atom is 1.00 e. The molecule has 0 bridgehead atoms. The van der Waals surface area contributed by atoms with Crippen molar-refractivity contribution in [3.63, 3.8) is 0 Å². The van der Waals surface area contributed by atoms with Gasteiger partial charge < -0.3 is 6.90 Å². The molecule has 4 heavy (non-hydrogen) atoms. The maximum absolute atomic E-state index is 0. The first-order chi connectivity index (χ1) is 0. The van der Waals surface area contributed by atoms with Gasteiger partial charge in [-0.2, -0.15) is 0 Å². The minimum atomic E-state index is 0. The molecule has 0 aliphatic heterocycles. The van der Waals surface area contributed by atoms with Gasteiger partial charge in [-0.05, 0) is 0 Å². The summed E-state index contributed by atoms with van der Waals surface area (Å²) in [4.78, 5) is 0. The zero-order valence-corrected chi connectivity index (χ0v) is 4.52. The van der Waals surface area contributed by atoms with Crippen molar-refractivity contribution in [3.8, 4) is 0 Å². The van der Waals surface area contributed by atoms with E-state index in [0.717, 1.165) is 0 Å². The molecule has 0 aromatic carbocycles. The van der Waals surface area contributed by atoms with Crippen LogP contribution in [0.4, 0.5) is 0 Å². The van der Waals surface area contributed by atoms with Crippen LogP contribution in [-0.4, -0.2) is 5.48 Å². The van der Waals surface area contributed by atoms with Crippen LogP contribution >= 0.6 is 0 Å². The van der Waals surface area contributed by atoms with Gasteiger partial charge in [-0.25, -0.2) is 0 Å². The summed E-state index contributed by atoms with van der Waals surface area (Å²) >= 11 is 0. The average Bonchev–Trinajstić information content (AvgIpc) is 0. The summed E-state index contributed by atoms with van der Waals surface area (Å²) in [5, 5.41) is 0. The second-order valence-electron chi connectivity index (χ2n) is 0. The van der Waals surface area contributed by atoms with Gasteiger partial charge in [0.1, 0.15) is 0 Å². The third-order valence-electron chi connectivity index (χ3n) is 0. The average molecular weight is 137 g/mol. The molecule has 1 nitrogen and oxygen atoms in total. The van der Waals surface area contributed by atoms with E-state index in [2.05, 4.69) is 0 Å². The molecule has 0 saturated heterocycles. The molecule has 25 valence electrons. The van der Waals surface area contributed by atoms with Gasteiger partial charge in [0.05, 0.1) is 0 Å². The van der Waals surface area contributed by atoms with Crippen LogP contribution in [-0.2, 0) is 34.1 Å². The van der Waals surface area contributed by atoms with Gasteiger partial charge in [-0.3, -0.25) is 0 Å². The molecule has 0 heterocycles. The predicted molar refractivity (Wildman–Crippen MR) is 4.73 cm³/mol. The van der Waals surface area contributed by atoms with Crippen LogP contribution in [0.25, 0.3) is 0 Å². The quantitative estimate of drug-likeness (QED) is 0.307. The molecule has 0 aliphatic carbocycles. The first-order valence-electron chi connectivity index (χ1n) is 0. The van der Waals surface area contributed by atoms with Crippen molar-refractivity contribution >= 4 is 0 Å². The van der Waals surface area contributed by atoms with Crippen molar-refractivity contribution in [3.05, 3.63) is 0 Å². The van der Waals surface area contributed by atoms with E-state index in [0.29, 0.717) is 0 Å². The topological polar surface area (TPSA) is 31.5 Å². The van der Waals surface area contributed by atoms with Gasteiger partial charge in [0, 0.05) is 34.1 Å². The Kier molecular flexibility index (Phi) is 271. The van der Waals surface area contributed by atoms with Crippen molar-refractivity contribution in [2.45, 2.75) is 0 Å². The Hall–Kier alpha value is 1.60. The summed E-state index contributed by atoms with van der Waals surface area (Å²) in [6.07, 6.45) is 0. The van der Waals surface area contributed by atoms with Crippen LogP contribution in [0.3, 0.4) is 0 Å². The molecule has 0 spiro atoms. The van der Waals surface area contributed by atoms with Gasteiger partial charge in [0.25, 0.3) is 0 Å². The molecule has 0 unspecified atom stereocenters. The molecule has 0 aromatic rings. The van der Waals surface area contributed by atoms with E-state index < -0.39 is 0 Å². The van der Waals surface area contributed by atoms with Crippen LogP contribution in [0.15, 0.2) is 0 Å². The van der Waals surface area contributed by atoms with Crippen LogP contribution in [0.2, 0.25) is 0 Å². The standard InChI is InChI=1S/Fe.Li.Mn.H2O.H/h;;;1H2;/q;+1;;;-1. The Balaban J connectivity index is 0. The van der Waals surface area contributed by atoms with Gasteiger partial charge in [-0.1, -0.05) is 0 Å². The van der Waals surface area contributed by atoms with Crippen LogP contribution in [0.5, 0.6) is 0 Å². The Morgan fingerprint density at radius 3 is 1.25 bits per heavy atom. The van der Waals surface area contributed by atoms with E-state index in [9.17, 15) is 0 Å². The van der Waals surface area contributed by atoms with E-state index in [-0.39, 0.29) is 59.9 Å². The fourth-order valence-corrected chi connectivity index (χ4v) is 0. The molecule has 0 amide bonds. The van der Waals surface area contributed by atoms with Crippen LogP contribution in [0, 0.1) is 0 Å². The fraction of sp³-hybridized carbons (Fsp3) is 0. The third-order valence-corrected chi connectivity index (χ3v) is 0. The molecule has 1 radical (unpaired) electrons. The monoisotopic (exact) mass is 137 g/mol. The molecule has 2 N–H and O–H groups in total. The van der Waals surface area contributed by atoms with Gasteiger partial charge in [0.15, 0.2) is 0 Å². The molecule has 4 heteroatoms. The molecule has 0 aliphatic rings. The first-order valence-corrected chi connectivity index (χ1v) is 0. The van der Waals surface area contributed by atoms with E-state index in [4.69, 9.17) is 0 Å². The third kappa shape index (κ3) is 9.51. The summed E-state index contributed by atoms with van der Waals surface area (Å²) in [5.41, 5.74) is 0. The smallest absolute Gasteiger partial charge is 1.00 e. The predicted octanol–water partition coefficient (Wildman–Crippen LogP) is -3.71. The van der Waals surface area contributed by atoms with Crippen molar-refractivity contribution in [1.82, 2.24) is 0 Å². The first kappa shape index (κ1) is 46.4. The van der Waals surface area contributed by atoms with Gasteiger partial charge in [0.2, 0.25) is 0 Å².